The molecular formula is C37H46N2O5. The van der Waals surface area contributed by atoms with Gasteiger partial charge in [0.1, 0.15) is 0 Å². The van der Waals surface area contributed by atoms with Crippen LogP contribution in [0.1, 0.15) is 90.7 Å². The minimum atomic E-state index is -0.460. The zero-order chi connectivity index (χ0) is 31.8. The Bertz CT molecular complexity index is 1490. The zero-order valence-electron chi connectivity index (χ0n) is 27.3. The summed E-state index contributed by atoms with van der Waals surface area (Å²) in [4.78, 5) is 43.0. The second kappa shape index (κ2) is 12.3. The maximum atomic E-state index is 14.0. The molecule has 5 rings (SSSR count). The number of amides is 1. The highest BCUT2D eigenvalue weighted by Gasteiger charge is 2.48. The number of carbonyl (C=O) groups excluding carboxylic acids is 3. The first-order valence-corrected chi connectivity index (χ1v) is 15.9. The summed E-state index contributed by atoms with van der Waals surface area (Å²) in [5.41, 5.74) is 5.90. The summed E-state index contributed by atoms with van der Waals surface area (Å²) in [5, 5.41) is 2.87. The van der Waals surface area contributed by atoms with Crippen LogP contribution in [0.15, 0.2) is 65.0 Å². The summed E-state index contributed by atoms with van der Waals surface area (Å²) in [7, 11) is 0. The van der Waals surface area contributed by atoms with Crippen molar-refractivity contribution in [2.24, 2.45) is 10.8 Å². The van der Waals surface area contributed by atoms with E-state index in [-0.39, 0.29) is 34.9 Å². The maximum Gasteiger partial charge on any atom is 0.262 e. The topological polar surface area (TPSA) is 84.9 Å². The number of nitrogens with zero attached hydrogens (tertiary/aromatic N) is 1. The van der Waals surface area contributed by atoms with Crippen LogP contribution >= 0.6 is 0 Å². The van der Waals surface area contributed by atoms with Gasteiger partial charge in [-0.1, -0.05) is 52.8 Å². The van der Waals surface area contributed by atoms with E-state index in [4.69, 9.17) is 9.47 Å². The van der Waals surface area contributed by atoms with Crippen LogP contribution in [0.5, 0.6) is 11.5 Å². The fraction of sp³-hybridized carbons (Fsp3) is 0.486. The molecule has 3 aliphatic rings. The number of aryl methyl sites for hydroxylation is 1. The van der Waals surface area contributed by atoms with Crippen LogP contribution in [0.25, 0.3) is 0 Å². The third-order valence-corrected chi connectivity index (χ3v) is 8.73. The van der Waals surface area contributed by atoms with Gasteiger partial charge in [0, 0.05) is 53.5 Å². The molecule has 1 amide bonds. The average Bonchev–Trinajstić information content (AvgIpc) is 2.92. The van der Waals surface area contributed by atoms with E-state index in [1.807, 2.05) is 50.2 Å². The van der Waals surface area contributed by atoms with E-state index >= 15 is 0 Å². The Hall–Kier alpha value is -3.87. The fourth-order valence-corrected chi connectivity index (χ4v) is 7.03. The van der Waals surface area contributed by atoms with Crippen LogP contribution in [0.2, 0.25) is 0 Å². The van der Waals surface area contributed by atoms with Crippen molar-refractivity contribution in [2.75, 3.05) is 25.1 Å². The van der Waals surface area contributed by atoms with Crippen LogP contribution in [-0.2, 0) is 14.4 Å². The number of ketones is 2. The molecule has 7 nitrogen and oxygen atoms in total. The molecule has 0 radical (unpaired) electrons. The van der Waals surface area contributed by atoms with Gasteiger partial charge in [0.05, 0.1) is 6.61 Å². The molecule has 0 saturated heterocycles. The van der Waals surface area contributed by atoms with Gasteiger partial charge in [-0.05, 0) is 79.3 Å². The number of anilines is 1. The molecule has 0 unspecified atom stereocenters. The van der Waals surface area contributed by atoms with Crippen molar-refractivity contribution >= 4 is 23.2 Å². The summed E-state index contributed by atoms with van der Waals surface area (Å²) in [5.74, 6) is 0.407. The molecule has 0 fully saturated rings. The molecule has 2 aliphatic carbocycles. The van der Waals surface area contributed by atoms with Gasteiger partial charge in [-0.3, -0.25) is 14.4 Å². The second-order valence-electron chi connectivity index (χ2n) is 14.0. The minimum Gasteiger partial charge on any atom is -0.490 e. The van der Waals surface area contributed by atoms with Gasteiger partial charge in [0.2, 0.25) is 0 Å². The van der Waals surface area contributed by atoms with Gasteiger partial charge < -0.3 is 19.7 Å². The number of ether oxygens (including phenoxy) is 2. The predicted octanol–water partition coefficient (Wildman–Crippen LogP) is 7.51. The highest BCUT2D eigenvalue weighted by molar-refractivity contribution is 6.06. The Morgan fingerprint density at radius 2 is 1.50 bits per heavy atom. The summed E-state index contributed by atoms with van der Waals surface area (Å²) >= 11 is 0. The van der Waals surface area contributed by atoms with Crippen LogP contribution in [0.4, 0.5) is 5.69 Å². The van der Waals surface area contributed by atoms with Crippen LogP contribution in [-0.4, -0.2) is 42.1 Å². The Morgan fingerprint density at radius 3 is 2.07 bits per heavy atom. The Morgan fingerprint density at radius 1 is 0.864 bits per heavy atom. The van der Waals surface area contributed by atoms with Gasteiger partial charge >= 0.3 is 0 Å². The predicted molar refractivity (Wildman–Crippen MR) is 173 cm³/mol. The lowest BCUT2D eigenvalue weighted by Gasteiger charge is -2.49. The summed E-state index contributed by atoms with van der Waals surface area (Å²) in [6, 6.07) is 13.2. The molecular weight excluding hydrogens is 552 g/mol. The lowest BCUT2D eigenvalue weighted by molar-refractivity contribution is -0.120. The molecule has 1 N–H and O–H groups in total. The first-order valence-electron chi connectivity index (χ1n) is 15.9. The quantitative estimate of drug-likeness (QED) is 0.322. The molecule has 0 atom stereocenters. The zero-order valence-corrected chi connectivity index (χ0v) is 27.3. The molecule has 1 aliphatic heterocycles. The van der Waals surface area contributed by atoms with E-state index in [9.17, 15) is 14.4 Å². The molecule has 234 valence electrons. The number of Topliss-reactive ketones (excluding diaryl/α,β-unsaturated/α-hetero) is 2. The van der Waals surface area contributed by atoms with Gasteiger partial charge in [0.25, 0.3) is 5.91 Å². The number of benzene rings is 2. The minimum absolute atomic E-state index is 0.109. The molecule has 0 aromatic heterocycles. The SMILES string of the molecule is CCCN1C2=C(C(=O)CC(C)(C)C2)C(c2ccc(OCC(=O)Nc3cccc(C)c3)c(OCC)c2)C2=C1CC(C)(C)CC2=O. The van der Waals surface area contributed by atoms with Crippen LogP contribution in [0.3, 0.4) is 0 Å². The summed E-state index contributed by atoms with van der Waals surface area (Å²) < 4.78 is 12.0. The first-order chi connectivity index (χ1) is 20.8. The summed E-state index contributed by atoms with van der Waals surface area (Å²) in [6.07, 6.45) is 3.37. The molecule has 44 heavy (non-hydrogen) atoms. The van der Waals surface area contributed by atoms with Crippen LogP contribution in [0, 0.1) is 17.8 Å². The average molecular weight is 599 g/mol. The third-order valence-electron chi connectivity index (χ3n) is 8.73. The maximum absolute atomic E-state index is 14.0. The standard InChI is InChI=1S/C37H46N2O5/c1-8-15-39-26-18-36(4,5)20-28(40)34(26)33(35-27(39)19-37(6,7)21-29(35)41)24-13-14-30(31(17-24)43-9-2)44-22-32(42)38-25-12-10-11-23(3)16-25/h10-14,16-17,33H,8-9,15,18-22H2,1-7H3,(H,38,42). The number of nitrogens with one attached hydrogen (secondary N) is 1. The van der Waals surface area contributed by atoms with Gasteiger partial charge in [-0.2, -0.15) is 0 Å². The van der Waals surface area contributed by atoms with Crippen molar-refractivity contribution < 1.29 is 23.9 Å². The summed E-state index contributed by atoms with van der Waals surface area (Å²) in [6.45, 7) is 15.6. The van der Waals surface area contributed by atoms with Gasteiger partial charge in [0.15, 0.2) is 29.7 Å². The van der Waals surface area contributed by atoms with Crippen molar-refractivity contribution in [1.29, 1.82) is 0 Å². The number of hydrogen-bond donors (Lipinski definition) is 1. The third kappa shape index (κ3) is 6.47. The molecule has 1 heterocycles. The first kappa shape index (κ1) is 31.6. The van der Waals surface area contributed by atoms with Gasteiger partial charge in [-0.15, -0.1) is 0 Å². The van der Waals surface area contributed by atoms with E-state index in [1.165, 1.54) is 0 Å². The normalized spacial score (nSPS) is 19.5. The van der Waals surface area contributed by atoms with Crippen molar-refractivity contribution in [3.8, 4) is 11.5 Å². The van der Waals surface area contributed by atoms with Crippen molar-refractivity contribution in [3.05, 3.63) is 76.1 Å². The van der Waals surface area contributed by atoms with Crippen LogP contribution < -0.4 is 14.8 Å². The van der Waals surface area contributed by atoms with E-state index in [2.05, 4.69) is 44.8 Å². The molecule has 7 heteroatoms. The van der Waals surface area contributed by atoms with E-state index in [0.29, 0.717) is 36.6 Å². The smallest absolute Gasteiger partial charge is 0.262 e. The van der Waals surface area contributed by atoms with Crippen molar-refractivity contribution in [1.82, 2.24) is 4.90 Å². The molecule has 0 spiro atoms. The Kier molecular flexibility index (Phi) is 8.79. The number of carbonyl (C=O) groups is 3. The number of hydrogen-bond acceptors (Lipinski definition) is 6. The Balaban J connectivity index is 1.54. The molecule has 0 saturated carbocycles. The van der Waals surface area contributed by atoms with E-state index < -0.39 is 5.92 Å². The van der Waals surface area contributed by atoms with E-state index in [0.717, 1.165) is 59.5 Å². The second-order valence-corrected chi connectivity index (χ2v) is 14.0. The largest absolute Gasteiger partial charge is 0.490 e. The molecule has 2 aromatic rings. The van der Waals surface area contributed by atoms with Crippen molar-refractivity contribution in [2.45, 2.75) is 86.5 Å². The lowest BCUT2D eigenvalue weighted by Crippen LogP contribution is -2.44. The van der Waals surface area contributed by atoms with Gasteiger partial charge in [-0.25, -0.2) is 0 Å². The number of rotatable bonds is 9. The Labute approximate surface area is 261 Å². The highest BCUT2D eigenvalue weighted by atomic mass is 16.5. The number of allylic oxidation sites excluding steroid dienone is 4. The van der Waals surface area contributed by atoms with Crippen molar-refractivity contribution in [3.63, 3.8) is 0 Å². The molecule has 0 bridgehead atoms. The highest BCUT2D eigenvalue weighted by Crippen LogP contribution is 2.55. The monoisotopic (exact) mass is 598 g/mol. The van der Waals surface area contributed by atoms with E-state index in [1.54, 1.807) is 6.07 Å². The lowest BCUT2D eigenvalue weighted by atomic mass is 9.63. The fourth-order valence-electron chi connectivity index (χ4n) is 7.03. The molecule has 2 aromatic carbocycles.